The topological polar surface area (TPSA) is 57.7 Å². The number of rotatable bonds is 5. The van der Waals surface area contributed by atoms with E-state index in [2.05, 4.69) is 0 Å². The lowest BCUT2D eigenvalue weighted by Gasteiger charge is -2.32. The maximum absolute atomic E-state index is 13.4. The fraction of sp³-hybridized carbons (Fsp3) is 0.375. The highest BCUT2D eigenvalue weighted by Crippen LogP contribution is 2.31. The van der Waals surface area contributed by atoms with Gasteiger partial charge in [-0.3, -0.25) is 14.4 Å². The van der Waals surface area contributed by atoms with Crippen LogP contribution in [0, 0.1) is 17.6 Å². The molecule has 1 atom stereocenters. The molecule has 2 aromatic rings. The molecule has 7 heteroatoms. The molecule has 0 radical (unpaired) electrons. The van der Waals surface area contributed by atoms with Crippen LogP contribution in [0.5, 0.6) is 0 Å². The van der Waals surface area contributed by atoms with Crippen LogP contribution in [0.25, 0.3) is 0 Å². The van der Waals surface area contributed by atoms with Gasteiger partial charge in [-0.05, 0) is 54.8 Å². The van der Waals surface area contributed by atoms with Crippen molar-refractivity contribution in [3.63, 3.8) is 0 Å². The van der Waals surface area contributed by atoms with Crippen LogP contribution in [0.4, 0.5) is 14.5 Å². The van der Waals surface area contributed by atoms with Gasteiger partial charge in [0.15, 0.2) is 0 Å². The Morgan fingerprint density at radius 3 is 2.10 bits per heavy atom. The lowest BCUT2D eigenvalue weighted by atomic mass is 9.87. The quantitative estimate of drug-likeness (QED) is 0.673. The van der Waals surface area contributed by atoms with E-state index in [0.717, 1.165) is 37.0 Å². The van der Waals surface area contributed by atoms with E-state index in [1.54, 1.807) is 12.1 Å². The van der Waals surface area contributed by atoms with Crippen molar-refractivity contribution in [1.82, 2.24) is 4.90 Å². The second-order valence-electron chi connectivity index (χ2n) is 8.19. The van der Waals surface area contributed by atoms with E-state index in [-0.39, 0.29) is 36.3 Å². The lowest BCUT2D eigenvalue weighted by Crippen LogP contribution is -2.47. The monoisotopic (exact) mass is 426 g/mol. The summed E-state index contributed by atoms with van der Waals surface area (Å²) in [5, 5.41) is 0. The smallest absolute Gasteiger partial charge is 0.257 e. The first-order valence-corrected chi connectivity index (χ1v) is 10.6. The van der Waals surface area contributed by atoms with Crippen LogP contribution in [-0.4, -0.2) is 28.7 Å². The molecule has 2 aliphatic rings. The number of hydrogen-bond acceptors (Lipinski definition) is 3. The Hall–Kier alpha value is -3.09. The second kappa shape index (κ2) is 8.96. The van der Waals surface area contributed by atoms with Crippen LogP contribution >= 0.6 is 0 Å². The van der Waals surface area contributed by atoms with Crippen LogP contribution in [0.15, 0.2) is 48.5 Å². The fourth-order valence-corrected chi connectivity index (χ4v) is 4.43. The van der Waals surface area contributed by atoms with Crippen LogP contribution in [0.2, 0.25) is 0 Å². The molecule has 1 aliphatic carbocycles. The summed E-state index contributed by atoms with van der Waals surface area (Å²) in [5.41, 5.74) is 0.969. The zero-order valence-electron chi connectivity index (χ0n) is 17.1. The number of imide groups is 1. The molecule has 1 unspecified atom stereocenters. The summed E-state index contributed by atoms with van der Waals surface area (Å²) in [6, 6.07) is 9.97. The Morgan fingerprint density at radius 1 is 0.903 bits per heavy atom. The van der Waals surface area contributed by atoms with Gasteiger partial charge < -0.3 is 4.90 Å². The lowest BCUT2D eigenvalue weighted by molar-refractivity contribution is -0.143. The largest absolute Gasteiger partial charge is 0.326 e. The van der Waals surface area contributed by atoms with Crippen molar-refractivity contribution in [2.75, 3.05) is 4.90 Å². The highest BCUT2D eigenvalue weighted by Gasteiger charge is 2.45. The first-order chi connectivity index (χ1) is 14.9. The summed E-state index contributed by atoms with van der Waals surface area (Å²) in [5.74, 6) is -2.11. The van der Waals surface area contributed by atoms with Crippen molar-refractivity contribution in [2.45, 2.75) is 51.1 Å². The normalized spacial score (nSPS) is 19.7. The highest BCUT2D eigenvalue weighted by atomic mass is 19.1. The molecule has 0 bridgehead atoms. The molecule has 2 aromatic carbocycles. The minimum atomic E-state index is -0.933. The van der Waals surface area contributed by atoms with Crippen molar-refractivity contribution in [1.29, 1.82) is 0 Å². The van der Waals surface area contributed by atoms with E-state index in [1.165, 1.54) is 41.3 Å². The Kier molecular flexibility index (Phi) is 6.11. The van der Waals surface area contributed by atoms with E-state index >= 15 is 0 Å². The van der Waals surface area contributed by atoms with Crippen LogP contribution in [-0.2, 0) is 20.9 Å². The number of carbonyl (C=O) groups excluding carboxylic acids is 3. The van der Waals surface area contributed by atoms with Crippen molar-refractivity contribution < 1.29 is 23.2 Å². The molecule has 0 N–H and O–H groups in total. The molecule has 1 heterocycles. The summed E-state index contributed by atoms with van der Waals surface area (Å²) in [6.45, 7) is 0.122. The number of nitrogens with zero attached hydrogens (tertiary/aromatic N) is 2. The van der Waals surface area contributed by atoms with E-state index in [1.807, 2.05) is 0 Å². The molecule has 5 nitrogen and oxygen atoms in total. The number of hydrogen-bond donors (Lipinski definition) is 0. The van der Waals surface area contributed by atoms with Gasteiger partial charge in [0, 0.05) is 12.5 Å². The SMILES string of the molecule is O=C1CC(N(Cc2ccc(F)cc2)C(=O)C2CCCCC2)C(=O)N1c1ccc(F)cc1. The number of halogens is 2. The fourth-order valence-electron chi connectivity index (χ4n) is 4.43. The van der Waals surface area contributed by atoms with Crippen molar-refractivity contribution in [3.05, 3.63) is 65.7 Å². The molecule has 2 fully saturated rings. The predicted octanol–water partition coefficient (Wildman–Crippen LogP) is 4.21. The standard InChI is InChI=1S/C24H24F2N2O3/c25-18-8-6-16(7-9-18)15-27(23(30)17-4-2-1-3-5-17)21-14-22(29)28(24(21)31)20-12-10-19(26)11-13-20/h6-13,17,21H,1-5,14-15H2. The Balaban J connectivity index is 1.62. The highest BCUT2D eigenvalue weighted by molar-refractivity contribution is 6.23. The third kappa shape index (κ3) is 4.50. The van der Waals surface area contributed by atoms with Gasteiger partial charge >= 0.3 is 0 Å². The molecular weight excluding hydrogens is 402 g/mol. The minimum absolute atomic E-state index is 0.122. The zero-order valence-corrected chi connectivity index (χ0v) is 17.1. The molecule has 1 saturated heterocycles. The third-order valence-corrected chi connectivity index (χ3v) is 6.09. The summed E-state index contributed by atoms with van der Waals surface area (Å²) in [7, 11) is 0. The average Bonchev–Trinajstić information content (AvgIpc) is 3.08. The summed E-state index contributed by atoms with van der Waals surface area (Å²) in [4.78, 5) is 41.9. The number of benzene rings is 2. The number of amides is 3. The first-order valence-electron chi connectivity index (χ1n) is 10.6. The minimum Gasteiger partial charge on any atom is -0.326 e. The molecule has 0 aromatic heterocycles. The molecule has 1 saturated carbocycles. The van der Waals surface area contributed by atoms with Gasteiger partial charge in [-0.25, -0.2) is 13.7 Å². The Bertz CT molecular complexity index is 969. The van der Waals surface area contributed by atoms with Gasteiger partial charge in [0.05, 0.1) is 12.1 Å². The van der Waals surface area contributed by atoms with Crippen LogP contribution in [0.3, 0.4) is 0 Å². The zero-order chi connectivity index (χ0) is 22.0. The van der Waals surface area contributed by atoms with E-state index in [9.17, 15) is 23.2 Å². The van der Waals surface area contributed by atoms with Crippen LogP contribution in [0.1, 0.15) is 44.1 Å². The van der Waals surface area contributed by atoms with Gasteiger partial charge in [-0.15, -0.1) is 0 Å². The van der Waals surface area contributed by atoms with Crippen molar-refractivity contribution in [2.24, 2.45) is 5.92 Å². The summed E-state index contributed by atoms with van der Waals surface area (Å²) >= 11 is 0. The maximum atomic E-state index is 13.4. The van der Waals surface area contributed by atoms with Gasteiger partial charge in [0.25, 0.3) is 5.91 Å². The number of carbonyl (C=O) groups is 3. The predicted molar refractivity (Wildman–Crippen MR) is 111 cm³/mol. The van der Waals surface area contributed by atoms with Gasteiger partial charge in [-0.1, -0.05) is 31.4 Å². The van der Waals surface area contributed by atoms with Gasteiger partial charge in [-0.2, -0.15) is 0 Å². The van der Waals surface area contributed by atoms with Crippen molar-refractivity contribution in [3.8, 4) is 0 Å². The molecule has 3 amide bonds. The average molecular weight is 426 g/mol. The molecule has 162 valence electrons. The van der Waals surface area contributed by atoms with E-state index in [0.29, 0.717) is 5.56 Å². The van der Waals surface area contributed by atoms with Gasteiger partial charge in [0.2, 0.25) is 11.8 Å². The molecule has 4 rings (SSSR count). The Morgan fingerprint density at radius 2 is 1.48 bits per heavy atom. The maximum Gasteiger partial charge on any atom is 0.257 e. The first kappa shape index (κ1) is 21.2. The second-order valence-corrected chi connectivity index (χ2v) is 8.19. The summed E-state index contributed by atoms with van der Waals surface area (Å²) in [6.07, 6.45) is 4.39. The third-order valence-electron chi connectivity index (χ3n) is 6.09. The van der Waals surface area contributed by atoms with Crippen LogP contribution < -0.4 is 4.90 Å². The molecule has 31 heavy (non-hydrogen) atoms. The molecule has 0 spiro atoms. The Labute approximate surface area is 179 Å². The van der Waals surface area contributed by atoms with Crippen molar-refractivity contribution >= 4 is 23.4 Å². The number of anilines is 1. The molecule has 1 aliphatic heterocycles. The van der Waals surface area contributed by atoms with Gasteiger partial charge in [0.1, 0.15) is 17.7 Å². The van der Waals surface area contributed by atoms with E-state index in [4.69, 9.17) is 0 Å². The summed E-state index contributed by atoms with van der Waals surface area (Å²) < 4.78 is 26.6. The van der Waals surface area contributed by atoms with E-state index < -0.39 is 23.7 Å². The molecular formula is C24H24F2N2O3.